The second-order valence-corrected chi connectivity index (χ2v) is 12.9. The van der Waals surface area contributed by atoms with Crippen LogP contribution in [-0.4, -0.2) is 14.2 Å². The van der Waals surface area contributed by atoms with Gasteiger partial charge in [0.15, 0.2) is 2.14 Å². The highest BCUT2D eigenvalue weighted by atomic mass is 80.0. The molecule has 0 aliphatic rings. The number of nitrogens with one attached hydrogen (secondary N) is 2. The molecule has 0 saturated heterocycles. The lowest BCUT2D eigenvalue weighted by molar-refractivity contribution is 0.0943. The van der Waals surface area contributed by atoms with Gasteiger partial charge in [-0.2, -0.15) is 0 Å². The van der Waals surface area contributed by atoms with Gasteiger partial charge in [0.1, 0.15) is 6.17 Å². The lowest BCUT2D eigenvalue weighted by Gasteiger charge is -2.29. The molecule has 2 N–H and O–H groups in total. The molecule has 0 aliphatic heterocycles. The highest BCUT2D eigenvalue weighted by Gasteiger charge is 2.32. The van der Waals surface area contributed by atoms with Gasteiger partial charge in [-0.3, -0.25) is 4.79 Å². The molecule has 0 heterocycles. The summed E-state index contributed by atoms with van der Waals surface area (Å²) in [7, 11) is 0. The van der Waals surface area contributed by atoms with E-state index in [-0.39, 0.29) is 5.91 Å². The molecule has 1 atom stereocenters. The third-order valence-corrected chi connectivity index (χ3v) is 5.38. The van der Waals surface area contributed by atoms with Gasteiger partial charge in [0.25, 0.3) is 5.91 Å². The molecule has 6 heteroatoms. The molecule has 0 unspecified atom stereocenters. The minimum absolute atomic E-state index is 0.162. The summed E-state index contributed by atoms with van der Waals surface area (Å²) in [4.78, 5) is 12.7. The van der Waals surface area contributed by atoms with Crippen molar-refractivity contribution >= 4 is 70.2 Å². The molecule has 3 aromatic carbocycles. The van der Waals surface area contributed by atoms with Crippen LogP contribution in [0.15, 0.2) is 66.7 Å². The van der Waals surface area contributed by atoms with Gasteiger partial charge in [0.2, 0.25) is 0 Å². The van der Waals surface area contributed by atoms with Crippen LogP contribution in [0.1, 0.15) is 15.9 Å². The number of rotatable bonds is 4. The quantitative estimate of drug-likeness (QED) is 0.308. The van der Waals surface area contributed by atoms with Gasteiger partial charge in [-0.25, -0.2) is 0 Å². The van der Waals surface area contributed by atoms with Gasteiger partial charge in [0.05, 0.1) is 0 Å². The SMILES string of the molecule is Cc1ccc(C(=O)N[C@H](Nc2cccc3ccccc23)C(Br)(Br)Br)cc1. The molecular weight excluding hydrogens is 524 g/mol. The number of fused-ring (bicyclic) bond motifs is 1. The number of carbonyl (C=O) groups is 1. The molecular formula is C20H17Br3N2O. The van der Waals surface area contributed by atoms with Crippen molar-refractivity contribution in [3.05, 3.63) is 77.9 Å². The van der Waals surface area contributed by atoms with E-state index in [0.29, 0.717) is 5.56 Å². The van der Waals surface area contributed by atoms with Gasteiger partial charge in [-0.1, -0.05) is 102 Å². The molecule has 0 spiro atoms. The van der Waals surface area contributed by atoms with E-state index < -0.39 is 8.31 Å². The van der Waals surface area contributed by atoms with Crippen molar-refractivity contribution < 1.29 is 4.79 Å². The summed E-state index contributed by atoms with van der Waals surface area (Å²) in [5, 5.41) is 8.63. The van der Waals surface area contributed by atoms with Crippen LogP contribution in [0.2, 0.25) is 0 Å². The zero-order valence-corrected chi connectivity index (χ0v) is 18.7. The van der Waals surface area contributed by atoms with Crippen LogP contribution in [-0.2, 0) is 0 Å². The third kappa shape index (κ3) is 4.67. The summed E-state index contributed by atoms with van der Waals surface area (Å²) in [5.41, 5.74) is 2.65. The second-order valence-electron chi connectivity index (χ2n) is 5.99. The smallest absolute Gasteiger partial charge is 0.252 e. The van der Waals surface area contributed by atoms with Gasteiger partial charge in [0, 0.05) is 16.6 Å². The maximum Gasteiger partial charge on any atom is 0.252 e. The first-order valence-electron chi connectivity index (χ1n) is 8.03. The Morgan fingerprint density at radius 2 is 1.58 bits per heavy atom. The Hall–Kier alpha value is -1.37. The van der Waals surface area contributed by atoms with Crippen LogP contribution >= 0.6 is 47.8 Å². The Kier molecular flexibility index (Phi) is 6.05. The maximum atomic E-state index is 12.7. The van der Waals surface area contributed by atoms with Crippen molar-refractivity contribution in [3.63, 3.8) is 0 Å². The van der Waals surface area contributed by atoms with Crippen molar-refractivity contribution in [1.29, 1.82) is 0 Å². The highest BCUT2D eigenvalue weighted by molar-refractivity contribution is 9.39. The fourth-order valence-corrected chi connectivity index (χ4v) is 3.31. The topological polar surface area (TPSA) is 41.1 Å². The molecule has 0 bridgehead atoms. The summed E-state index contributed by atoms with van der Waals surface area (Å²) in [6, 6.07) is 21.6. The first-order valence-corrected chi connectivity index (χ1v) is 10.4. The van der Waals surface area contributed by atoms with Crippen molar-refractivity contribution in [2.24, 2.45) is 0 Å². The minimum atomic E-state index is -0.718. The fraction of sp³-hybridized carbons (Fsp3) is 0.150. The molecule has 0 saturated carbocycles. The van der Waals surface area contributed by atoms with Crippen LogP contribution in [0, 0.1) is 6.92 Å². The highest BCUT2D eigenvalue weighted by Crippen LogP contribution is 2.38. The Morgan fingerprint density at radius 3 is 2.27 bits per heavy atom. The standard InChI is InChI=1S/C20H17Br3N2O/c1-13-9-11-15(12-10-13)18(26)25-19(20(21,22)23)24-17-8-4-6-14-5-2-3-7-16(14)17/h2-12,19,24H,1H3,(H,25,26)/t19-/m0/s1. The van der Waals surface area contributed by atoms with E-state index >= 15 is 0 Å². The lowest BCUT2D eigenvalue weighted by atomic mass is 10.1. The molecule has 26 heavy (non-hydrogen) atoms. The van der Waals surface area contributed by atoms with Crippen LogP contribution in [0.3, 0.4) is 0 Å². The second kappa shape index (κ2) is 8.11. The summed E-state index contributed by atoms with van der Waals surface area (Å²) in [6.07, 6.45) is -0.456. The minimum Gasteiger partial charge on any atom is -0.362 e. The largest absolute Gasteiger partial charge is 0.362 e. The average Bonchev–Trinajstić information content (AvgIpc) is 2.61. The maximum absolute atomic E-state index is 12.7. The lowest BCUT2D eigenvalue weighted by Crippen LogP contribution is -2.48. The van der Waals surface area contributed by atoms with Gasteiger partial charge in [-0.05, 0) is 30.5 Å². The van der Waals surface area contributed by atoms with Crippen molar-refractivity contribution in [1.82, 2.24) is 5.32 Å². The summed E-state index contributed by atoms with van der Waals surface area (Å²) in [6.45, 7) is 1.99. The molecule has 0 radical (unpaired) electrons. The first-order chi connectivity index (χ1) is 12.3. The summed E-state index contributed by atoms with van der Waals surface area (Å²) < 4.78 is -0.718. The number of halogens is 3. The van der Waals surface area contributed by atoms with E-state index in [0.717, 1.165) is 22.0 Å². The molecule has 0 aromatic heterocycles. The van der Waals surface area contributed by atoms with Crippen LogP contribution in [0.5, 0.6) is 0 Å². The molecule has 134 valence electrons. The molecule has 0 aliphatic carbocycles. The number of aryl methyl sites for hydroxylation is 1. The zero-order chi connectivity index (χ0) is 18.7. The number of anilines is 1. The molecule has 3 rings (SSSR count). The van der Waals surface area contributed by atoms with E-state index in [1.165, 1.54) is 0 Å². The monoisotopic (exact) mass is 538 g/mol. The van der Waals surface area contributed by atoms with Crippen LogP contribution < -0.4 is 10.6 Å². The van der Waals surface area contributed by atoms with Crippen molar-refractivity contribution in [2.45, 2.75) is 15.2 Å². The van der Waals surface area contributed by atoms with Gasteiger partial charge in [-0.15, -0.1) is 0 Å². The Labute approximate surface area is 177 Å². The van der Waals surface area contributed by atoms with E-state index in [4.69, 9.17) is 0 Å². The van der Waals surface area contributed by atoms with E-state index in [1.54, 1.807) is 0 Å². The van der Waals surface area contributed by atoms with Gasteiger partial charge < -0.3 is 10.6 Å². The number of alkyl halides is 3. The molecule has 3 nitrogen and oxygen atoms in total. The number of hydrogen-bond acceptors (Lipinski definition) is 2. The van der Waals surface area contributed by atoms with Crippen molar-refractivity contribution in [3.8, 4) is 0 Å². The van der Waals surface area contributed by atoms with Crippen LogP contribution in [0.25, 0.3) is 10.8 Å². The van der Waals surface area contributed by atoms with E-state index in [1.807, 2.05) is 55.5 Å². The summed E-state index contributed by atoms with van der Waals surface area (Å²) in [5.74, 6) is -0.162. The predicted molar refractivity (Wildman–Crippen MR) is 120 cm³/mol. The molecule has 1 amide bonds. The van der Waals surface area contributed by atoms with E-state index in [2.05, 4.69) is 76.6 Å². The Bertz CT molecular complexity index is 915. The number of amides is 1. The van der Waals surface area contributed by atoms with E-state index in [9.17, 15) is 4.79 Å². The van der Waals surface area contributed by atoms with Gasteiger partial charge >= 0.3 is 0 Å². The molecule has 3 aromatic rings. The average molecular weight is 541 g/mol. The van der Waals surface area contributed by atoms with Crippen LogP contribution in [0.4, 0.5) is 5.69 Å². The first kappa shape index (κ1) is 19.4. The number of carbonyl (C=O) groups excluding carboxylic acids is 1. The normalized spacial score (nSPS) is 12.6. The fourth-order valence-electron chi connectivity index (χ4n) is 2.63. The molecule has 0 fully saturated rings. The van der Waals surface area contributed by atoms with Crippen molar-refractivity contribution in [2.75, 3.05) is 5.32 Å². The number of hydrogen-bond donors (Lipinski definition) is 2. The third-order valence-electron chi connectivity index (χ3n) is 4.01. The Balaban J connectivity index is 1.87. The summed E-state index contributed by atoms with van der Waals surface area (Å²) >= 11 is 10.6. The zero-order valence-electron chi connectivity index (χ0n) is 14.0. The Morgan fingerprint density at radius 1 is 0.923 bits per heavy atom. The number of benzene rings is 3. The predicted octanol–water partition coefficient (Wildman–Crippen LogP) is 6.15.